The molecule has 0 amide bonds. The summed E-state index contributed by atoms with van der Waals surface area (Å²) in [5, 5.41) is 6.66. The Morgan fingerprint density at radius 1 is 1.32 bits per heavy atom. The number of nitrogens with zero attached hydrogens (tertiary/aromatic N) is 3. The first kappa shape index (κ1) is 24.2. The summed E-state index contributed by atoms with van der Waals surface area (Å²) in [4.78, 5) is 9.10. The maximum atomic E-state index is 5.59. The van der Waals surface area contributed by atoms with Crippen molar-refractivity contribution < 1.29 is 4.74 Å². The third kappa shape index (κ3) is 8.89. The monoisotopic (exact) mass is 465 g/mol. The molecule has 146 valence electrons. The number of hydrogen-bond donors (Lipinski definition) is 2. The molecule has 1 rings (SSSR count). The van der Waals surface area contributed by atoms with Gasteiger partial charge in [0.05, 0.1) is 6.10 Å². The third-order valence-electron chi connectivity index (χ3n) is 3.79. The molecule has 1 aromatic heterocycles. The van der Waals surface area contributed by atoms with E-state index in [0.717, 1.165) is 24.9 Å². The molecule has 2 N–H and O–H groups in total. The van der Waals surface area contributed by atoms with Gasteiger partial charge in [-0.15, -0.1) is 24.0 Å². The maximum absolute atomic E-state index is 5.59. The molecule has 7 heteroatoms. The predicted molar refractivity (Wildman–Crippen MR) is 116 cm³/mol. The predicted octanol–water partition coefficient (Wildman–Crippen LogP) is 3.27. The summed E-state index contributed by atoms with van der Waals surface area (Å²) in [5.41, 5.74) is 0.0760. The van der Waals surface area contributed by atoms with Crippen LogP contribution >= 0.6 is 24.0 Å². The maximum Gasteiger partial charge on any atom is 0.191 e. The molecule has 0 fully saturated rings. The molecule has 1 heterocycles. The second-order valence-corrected chi connectivity index (χ2v) is 7.56. The Balaban J connectivity index is 0.00000576. The Hall–Kier alpha value is -0.830. The van der Waals surface area contributed by atoms with Crippen molar-refractivity contribution in [2.45, 2.75) is 60.7 Å². The number of imidazole rings is 1. The lowest BCUT2D eigenvalue weighted by Gasteiger charge is -2.30. The van der Waals surface area contributed by atoms with Crippen LogP contribution in [0.4, 0.5) is 0 Å². The van der Waals surface area contributed by atoms with Crippen molar-refractivity contribution in [2.75, 3.05) is 20.2 Å². The number of guanidine groups is 1. The Bertz CT molecular complexity index is 508. The van der Waals surface area contributed by atoms with Crippen molar-refractivity contribution in [1.29, 1.82) is 0 Å². The summed E-state index contributed by atoms with van der Waals surface area (Å²) in [6.45, 7) is 16.1. The largest absolute Gasteiger partial charge is 0.379 e. The molecule has 6 nitrogen and oxygen atoms in total. The van der Waals surface area contributed by atoms with Gasteiger partial charge >= 0.3 is 0 Å². The molecule has 0 aliphatic carbocycles. The standard InChI is InChI=1S/C18H35N5O.HI/c1-8-19-17(21-11-15(24-7)18(4,5)6)22-12-16-20-9-10-23(16)13-14(2)3;/h9-10,14-15H,8,11-13H2,1-7H3,(H2,19,21,22);1H. The molecule has 0 saturated carbocycles. The van der Waals surface area contributed by atoms with Crippen molar-refractivity contribution in [3.8, 4) is 0 Å². The molecule has 0 spiro atoms. The van der Waals surface area contributed by atoms with Crippen LogP contribution < -0.4 is 10.6 Å². The first-order valence-corrected chi connectivity index (χ1v) is 8.82. The van der Waals surface area contributed by atoms with E-state index in [9.17, 15) is 0 Å². The van der Waals surface area contributed by atoms with E-state index in [0.29, 0.717) is 19.0 Å². The average molecular weight is 465 g/mol. The van der Waals surface area contributed by atoms with Crippen molar-refractivity contribution >= 4 is 29.9 Å². The Morgan fingerprint density at radius 3 is 2.52 bits per heavy atom. The molecule has 1 unspecified atom stereocenters. The molecule has 0 aromatic carbocycles. The molecular weight excluding hydrogens is 429 g/mol. The Kier molecular flexibility index (Phi) is 11.3. The van der Waals surface area contributed by atoms with Crippen LogP contribution in [0.2, 0.25) is 0 Å². The van der Waals surface area contributed by atoms with Gasteiger partial charge in [-0.25, -0.2) is 9.98 Å². The van der Waals surface area contributed by atoms with Gasteiger partial charge in [-0.05, 0) is 18.3 Å². The lowest BCUT2D eigenvalue weighted by molar-refractivity contribution is 0.0205. The van der Waals surface area contributed by atoms with Gasteiger partial charge in [-0.3, -0.25) is 0 Å². The SMILES string of the molecule is CCNC(=NCc1nccn1CC(C)C)NCC(OC)C(C)(C)C.I. The van der Waals surface area contributed by atoms with Gasteiger partial charge in [0.25, 0.3) is 0 Å². The number of hydrogen-bond acceptors (Lipinski definition) is 3. The lowest BCUT2D eigenvalue weighted by atomic mass is 9.89. The molecule has 25 heavy (non-hydrogen) atoms. The summed E-state index contributed by atoms with van der Waals surface area (Å²) < 4.78 is 7.77. The number of aliphatic imine (C=N–C) groups is 1. The highest BCUT2D eigenvalue weighted by atomic mass is 127. The first-order valence-electron chi connectivity index (χ1n) is 8.82. The van der Waals surface area contributed by atoms with E-state index in [4.69, 9.17) is 4.74 Å². The minimum atomic E-state index is 0. The van der Waals surface area contributed by atoms with Crippen LogP contribution in [0.5, 0.6) is 0 Å². The average Bonchev–Trinajstić information content (AvgIpc) is 2.90. The highest BCUT2D eigenvalue weighted by molar-refractivity contribution is 14.0. The van der Waals surface area contributed by atoms with E-state index < -0.39 is 0 Å². The summed E-state index contributed by atoms with van der Waals surface area (Å²) >= 11 is 0. The minimum absolute atomic E-state index is 0. The normalized spacial score (nSPS) is 13.5. The van der Waals surface area contributed by atoms with E-state index in [2.05, 4.69) is 66.7 Å². The second kappa shape index (κ2) is 11.7. The van der Waals surface area contributed by atoms with Crippen LogP contribution in [0.25, 0.3) is 0 Å². The van der Waals surface area contributed by atoms with Gasteiger partial charge in [-0.1, -0.05) is 34.6 Å². The molecule has 0 radical (unpaired) electrons. The van der Waals surface area contributed by atoms with Crippen LogP contribution in [-0.4, -0.2) is 41.8 Å². The fraction of sp³-hybridized carbons (Fsp3) is 0.778. The quantitative estimate of drug-likeness (QED) is 0.352. The van der Waals surface area contributed by atoms with Crippen molar-refractivity contribution in [1.82, 2.24) is 20.2 Å². The van der Waals surface area contributed by atoms with Crippen molar-refractivity contribution in [3.63, 3.8) is 0 Å². The fourth-order valence-corrected chi connectivity index (χ4v) is 2.48. The van der Waals surface area contributed by atoms with Crippen LogP contribution in [0.15, 0.2) is 17.4 Å². The molecule has 1 aromatic rings. The van der Waals surface area contributed by atoms with Crippen LogP contribution in [-0.2, 0) is 17.8 Å². The van der Waals surface area contributed by atoms with Gasteiger partial charge in [0.15, 0.2) is 5.96 Å². The summed E-state index contributed by atoms with van der Waals surface area (Å²) in [5.74, 6) is 2.37. The lowest BCUT2D eigenvalue weighted by Crippen LogP contribution is -2.45. The van der Waals surface area contributed by atoms with E-state index in [1.54, 1.807) is 7.11 Å². The first-order chi connectivity index (χ1) is 11.3. The summed E-state index contributed by atoms with van der Waals surface area (Å²) in [7, 11) is 1.75. The Morgan fingerprint density at radius 2 is 2.00 bits per heavy atom. The zero-order chi connectivity index (χ0) is 18.2. The molecule has 0 bridgehead atoms. The van der Waals surface area contributed by atoms with Crippen LogP contribution in [0, 0.1) is 11.3 Å². The molecular formula is C18H36IN5O. The molecule has 1 atom stereocenters. The number of halogens is 1. The summed E-state index contributed by atoms with van der Waals surface area (Å²) in [6.07, 6.45) is 3.98. The van der Waals surface area contributed by atoms with Gasteiger partial charge in [0.1, 0.15) is 12.4 Å². The van der Waals surface area contributed by atoms with E-state index in [1.165, 1.54) is 0 Å². The van der Waals surface area contributed by atoms with E-state index in [-0.39, 0.29) is 35.5 Å². The van der Waals surface area contributed by atoms with E-state index >= 15 is 0 Å². The number of methoxy groups -OCH3 is 1. The summed E-state index contributed by atoms with van der Waals surface area (Å²) in [6, 6.07) is 0. The zero-order valence-electron chi connectivity index (χ0n) is 16.8. The minimum Gasteiger partial charge on any atom is -0.379 e. The van der Waals surface area contributed by atoms with Gasteiger partial charge in [0, 0.05) is 39.1 Å². The molecule has 0 saturated heterocycles. The highest BCUT2D eigenvalue weighted by Crippen LogP contribution is 2.20. The van der Waals surface area contributed by atoms with Gasteiger partial charge in [0.2, 0.25) is 0 Å². The van der Waals surface area contributed by atoms with Gasteiger partial charge in [-0.2, -0.15) is 0 Å². The topological polar surface area (TPSA) is 63.5 Å². The number of ether oxygens (including phenoxy) is 1. The zero-order valence-corrected chi connectivity index (χ0v) is 19.1. The molecule has 0 aliphatic heterocycles. The number of aromatic nitrogens is 2. The number of rotatable bonds is 8. The molecule has 0 aliphatic rings. The van der Waals surface area contributed by atoms with Crippen LogP contribution in [0.1, 0.15) is 47.4 Å². The number of nitrogens with one attached hydrogen (secondary N) is 2. The highest BCUT2D eigenvalue weighted by Gasteiger charge is 2.24. The van der Waals surface area contributed by atoms with Gasteiger partial charge < -0.3 is 19.9 Å². The van der Waals surface area contributed by atoms with Crippen LogP contribution in [0.3, 0.4) is 0 Å². The Labute approximate surface area is 170 Å². The van der Waals surface area contributed by atoms with Crippen molar-refractivity contribution in [3.05, 3.63) is 18.2 Å². The second-order valence-electron chi connectivity index (χ2n) is 7.56. The van der Waals surface area contributed by atoms with E-state index in [1.807, 2.05) is 12.4 Å². The third-order valence-corrected chi connectivity index (χ3v) is 3.79. The van der Waals surface area contributed by atoms with Crippen molar-refractivity contribution in [2.24, 2.45) is 16.3 Å². The smallest absolute Gasteiger partial charge is 0.191 e. The fourth-order valence-electron chi connectivity index (χ4n) is 2.48.